The van der Waals surface area contributed by atoms with E-state index in [0.29, 0.717) is 23.7 Å². The second-order valence-corrected chi connectivity index (χ2v) is 5.25. The summed E-state index contributed by atoms with van der Waals surface area (Å²) < 4.78 is 0. The number of nitrogen functional groups attached to an aromatic ring is 1. The number of hydrogen-bond donors (Lipinski definition) is 3. The topological polar surface area (TPSA) is 109 Å². The Balaban J connectivity index is 1.97. The Kier molecular flexibility index (Phi) is 4.97. The van der Waals surface area contributed by atoms with E-state index < -0.39 is 0 Å². The maximum Gasteiger partial charge on any atom is 0.229 e. The number of aliphatic imine (C=N–C) groups is 1. The molecule has 1 aliphatic rings. The maximum atomic E-state index is 10.7. The van der Waals surface area contributed by atoms with Crippen LogP contribution in [0.5, 0.6) is 0 Å². The molecule has 0 spiro atoms. The molecule has 8 heteroatoms. The Morgan fingerprint density at radius 2 is 2.12 bits per heavy atom. The SMILES string of the molecule is Nc1ccnc(Nc2cccc(N3CCNCC3)c2N=CC=O)n1. The van der Waals surface area contributed by atoms with Crippen LogP contribution < -0.4 is 21.3 Å². The fraction of sp³-hybridized carbons (Fsp3) is 0.250. The van der Waals surface area contributed by atoms with E-state index in [1.54, 1.807) is 12.3 Å². The number of piperazine rings is 1. The van der Waals surface area contributed by atoms with Crippen molar-refractivity contribution in [3.05, 3.63) is 30.5 Å². The lowest BCUT2D eigenvalue weighted by molar-refractivity contribution is -0.102. The lowest BCUT2D eigenvalue weighted by Crippen LogP contribution is -2.43. The van der Waals surface area contributed by atoms with E-state index in [0.717, 1.165) is 37.6 Å². The Bertz CT molecular complexity index is 741. The van der Waals surface area contributed by atoms with Gasteiger partial charge in [-0.1, -0.05) is 6.07 Å². The van der Waals surface area contributed by atoms with Crippen LogP contribution in [0, 0.1) is 0 Å². The zero-order chi connectivity index (χ0) is 16.8. The van der Waals surface area contributed by atoms with Gasteiger partial charge in [0.1, 0.15) is 11.5 Å². The van der Waals surface area contributed by atoms with Gasteiger partial charge in [-0.2, -0.15) is 4.98 Å². The molecule has 0 amide bonds. The van der Waals surface area contributed by atoms with Gasteiger partial charge in [0.2, 0.25) is 5.95 Å². The molecule has 1 aromatic heterocycles. The molecule has 0 saturated carbocycles. The van der Waals surface area contributed by atoms with Gasteiger partial charge in [-0.25, -0.2) is 9.98 Å². The Morgan fingerprint density at radius 3 is 2.88 bits per heavy atom. The van der Waals surface area contributed by atoms with Crippen molar-refractivity contribution >= 4 is 41.3 Å². The van der Waals surface area contributed by atoms with Crippen LogP contribution in [0.3, 0.4) is 0 Å². The number of carbonyl (C=O) groups excluding carboxylic acids is 1. The molecule has 0 radical (unpaired) electrons. The number of benzene rings is 1. The molecular weight excluding hydrogens is 306 g/mol. The second kappa shape index (κ2) is 7.51. The number of nitrogens with zero attached hydrogens (tertiary/aromatic N) is 4. The number of aromatic nitrogens is 2. The fourth-order valence-corrected chi connectivity index (χ4v) is 2.59. The minimum atomic E-state index is 0.378. The number of carbonyl (C=O) groups is 1. The Hall–Kier alpha value is -3.00. The summed E-state index contributed by atoms with van der Waals surface area (Å²) in [6.07, 6.45) is 3.49. The highest BCUT2D eigenvalue weighted by molar-refractivity contribution is 6.14. The lowest BCUT2D eigenvalue weighted by Gasteiger charge is -2.30. The first-order valence-electron chi connectivity index (χ1n) is 7.70. The number of anilines is 4. The standard InChI is InChI=1S/C16H19N7O/c17-14-4-5-20-16(22-14)21-12-2-1-3-13(15(12)19-8-11-24)23-9-6-18-7-10-23/h1-5,8,11,18H,6-7,9-10H2,(H3,17,20,21,22). The molecule has 124 valence electrons. The van der Waals surface area contributed by atoms with Gasteiger partial charge >= 0.3 is 0 Å². The molecule has 1 fully saturated rings. The summed E-state index contributed by atoms with van der Waals surface area (Å²) >= 11 is 0. The number of hydrogen-bond acceptors (Lipinski definition) is 8. The monoisotopic (exact) mass is 325 g/mol. The van der Waals surface area contributed by atoms with Crippen molar-refractivity contribution in [3.8, 4) is 0 Å². The van der Waals surface area contributed by atoms with Gasteiger partial charge in [0, 0.05) is 32.4 Å². The van der Waals surface area contributed by atoms with Crippen molar-refractivity contribution in [2.24, 2.45) is 4.99 Å². The minimum Gasteiger partial charge on any atom is -0.384 e. The zero-order valence-corrected chi connectivity index (χ0v) is 13.1. The van der Waals surface area contributed by atoms with Crippen molar-refractivity contribution in [1.29, 1.82) is 0 Å². The van der Waals surface area contributed by atoms with Crippen molar-refractivity contribution in [2.75, 3.05) is 42.1 Å². The van der Waals surface area contributed by atoms with E-state index in [1.807, 2.05) is 18.2 Å². The van der Waals surface area contributed by atoms with E-state index in [-0.39, 0.29) is 0 Å². The van der Waals surface area contributed by atoms with E-state index >= 15 is 0 Å². The number of aldehydes is 1. The summed E-state index contributed by atoms with van der Waals surface area (Å²) in [5, 5.41) is 6.45. The predicted octanol–water partition coefficient (Wildman–Crippen LogP) is 1.11. The number of nitrogens with one attached hydrogen (secondary N) is 2. The first-order chi connectivity index (χ1) is 11.8. The molecule has 24 heavy (non-hydrogen) atoms. The largest absolute Gasteiger partial charge is 0.384 e. The third-order valence-corrected chi connectivity index (χ3v) is 3.66. The summed E-state index contributed by atoms with van der Waals surface area (Å²) in [5.41, 5.74) is 8.05. The van der Waals surface area contributed by atoms with Crippen LogP contribution in [-0.2, 0) is 4.79 Å². The molecular formula is C16H19N7O. The third-order valence-electron chi connectivity index (χ3n) is 3.66. The van der Waals surface area contributed by atoms with Gasteiger partial charge in [-0.05, 0) is 18.2 Å². The van der Waals surface area contributed by atoms with Gasteiger partial charge in [0.25, 0.3) is 0 Å². The highest BCUT2D eigenvalue weighted by Crippen LogP contribution is 2.37. The summed E-state index contributed by atoms with van der Waals surface area (Å²) in [4.78, 5) is 25.6. The second-order valence-electron chi connectivity index (χ2n) is 5.25. The van der Waals surface area contributed by atoms with Gasteiger partial charge in [0.15, 0.2) is 6.29 Å². The van der Waals surface area contributed by atoms with Gasteiger partial charge in [0.05, 0.1) is 17.6 Å². The van der Waals surface area contributed by atoms with Crippen molar-refractivity contribution in [1.82, 2.24) is 15.3 Å². The molecule has 4 N–H and O–H groups in total. The van der Waals surface area contributed by atoms with Crippen LogP contribution in [0.1, 0.15) is 0 Å². The quantitative estimate of drug-likeness (QED) is 0.558. The van der Waals surface area contributed by atoms with Crippen LogP contribution in [0.25, 0.3) is 0 Å². The van der Waals surface area contributed by atoms with E-state index in [1.165, 1.54) is 6.21 Å². The Morgan fingerprint density at radius 1 is 1.29 bits per heavy atom. The smallest absolute Gasteiger partial charge is 0.229 e. The minimum absolute atomic E-state index is 0.378. The molecule has 2 aromatic rings. The first-order valence-corrected chi connectivity index (χ1v) is 7.70. The van der Waals surface area contributed by atoms with Crippen molar-refractivity contribution in [3.63, 3.8) is 0 Å². The Labute approximate surface area is 139 Å². The fourth-order valence-electron chi connectivity index (χ4n) is 2.59. The van der Waals surface area contributed by atoms with Crippen LogP contribution in [0.4, 0.5) is 28.8 Å². The molecule has 1 aliphatic heterocycles. The highest BCUT2D eigenvalue weighted by atomic mass is 16.1. The van der Waals surface area contributed by atoms with Crippen molar-refractivity contribution < 1.29 is 4.79 Å². The van der Waals surface area contributed by atoms with E-state index in [9.17, 15) is 4.79 Å². The number of para-hydroxylation sites is 1. The van der Waals surface area contributed by atoms with E-state index in [2.05, 4.69) is 30.5 Å². The number of rotatable bonds is 5. The summed E-state index contributed by atoms with van der Waals surface area (Å²) in [6.45, 7) is 3.57. The average molecular weight is 325 g/mol. The molecule has 0 bridgehead atoms. The molecule has 1 saturated heterocycles. The van der Waals surface area contributed by atoms with Crippen LogP contribution in [0.2, 0.25) is 0 Å². The number of nitrogens with two attached hydrogens (primary N) is 1. The maximum absolute atomic E-state index is 10.7. The summed E-state index contributed by atoms with van der Waals surface area (Å²) in [7, 11) is 0. The van der Waals surface area contributed by atoms with E-state index in [4.69, 9.17) is 5.73 Å². The molecule has 3 rings (SSSR count). The average Bonchev–Trinajstić information content (AvgIpc) is 2.61. The molecule has 0 aliphatic carbocycles. The van der Waals surface area contributed by atoms with Crippen LogP contribution >= 0.6 is 0 Å². The molecule has 1 aromatic carbocycles. The predicted molar refractivity (Wildman–Crippen MR) is 95.5 cm³/mol. The third kappa shape index (κ3) is 3.66. The lowest BCUT2D eigenvalue weighted by atomic mass is 10.2. The molecule has 0 unspecified atom stereocenters. The van der Waals surface area contributed by atoms with Crippen LogP contribution in [-0.4, -0.2) is 48.6 Å². The van der Waals surface area contributed by atoms with Gasteiger partial charge < -0.3 is 21.3 Å². The highest BCUT2D eigenvalue weighted by Gasteiger charge is 2.16. The van der Waals surface area contributed by atoms with Crippen molar-refractivity contribution in [2.45, 2.75) is 0 Å². The normalized spacial score (nSPS) is 14.8. The summed E-state index contributed by atoms with van der Waals surface area (Å²) in [6, 6.07) is 7.42. The zero-order valence-electron chi connectivity index (χ0n) is 13.1. The first kappa shape index (κ1) is 15.9. The molecule has 2 heterocycles. The van der Waals surface area contributed by atoms with Gasteiger partial charge in [-0.3, -0.25) is 4.79 Å². The summed E-state index contributed by atoms with van der Waals surface area (Å²) in [5.74, 6) is 0.763. The molecule has 8 nitrogen and oxygen atoms in total. The van der Waals surface area contributed by atoms with Gasteiger partial charge in [-0.15, -0.1) is 0 Å². The molecule has 0 atom stereocenters. The van der Waals surface area contributed by atoms with Crippen LogP contribution in [0.15, 0.2) is 35.5 Å².